The van der Waals surface area contributed by atoms with Gasteiger partial charge in [-0.05, 0) is 90.4 Å². The maximum atomic E-state index is 16.7. The summed E-state index contributed by atoms with van der Waals surface area (Å²) < 4.78 is 154. The van der Waals surface area contributed by atoms with Crippen molar-refractivity contribution >= 4 is 25.6 Å². The summed E-state index contributed by atoms with van der Waals surface area (Å²) in [7, 11) is -4.19. The highest BCUT2D eigenvalue weighted by Crippen LogP contribution is 2.51. The number of rotatable bonds is 17. The molecule has 0 unspecified atom stereocenters. The molecule has 0 bridgehead atoms. The molecule has 398 valence electrons. The zero-order valence-corrected chi connectivity index (χ0v) is 42.2. The number of ether oxygens (including phenoxy) is 1. The second-order valence-electron chi connectivity index (χ2n) is 18.2. The number of para-hydroxylation sites is 1. The van der Waals surface area contributed by atoms with Crippen molar-refractivity contribution in [3.05, 3.63) is 201 Å². The van der Waals surface area contributed by atoms with Gasteiger partial charge in [-0.3, -0.25) is 13.9 Å². The fourth-order valence-corrected chi connectivity index (χ4v) is 9.92. The molecule has 0 spiro atoms. The zero-order valence-electron chi connectivity index (χ0n) is 41.3. The summed E-state index contributed by atoms with van der Waals surface area (Å²) in [5, 5.41) is 8.94. The van der Waals surface area contributed by atoms with Gasteiger partial charge in [-0.25, -0.2) is 32.9 Å². The minimum absolute atomic E-state index is 0.0574. The fraction of sp³-hybridized carbons (Fsp3) is 0.255. The van der Waals surface area contributed by atoms with Gasteiger partial charge in [0.2, 0.25) is 0 Å². The van der Waals surface area contributed by atoms with E-state index in [1.807, 2.05) is 49.5 Å². The monoisotopic (exact) mass is 1080 g/mol. The van der Waals surface area contributed by atoms with Crippen LogP contribution in [-0.4, -0.2) is 26.8 Å². The van der Waals surface area contributed by atoms with E-state index in [9.17, 15) is 40.5 Å². The number of urea groups is 1. The molecule has 1 aliphatic rings. The Morgan fingerprint density at radius 3 is 1.86 bits per heavy atom. The molecule has 1 aliphatic heterocycles. The van der Waals surface area contributed by atoms with Gasteiger partial charge in [0.1, 0.15) is 24.0 Å². The van der Waals surface area contributed by atoms with Gasteiger partial charge >= 0.3 is 32.3 Å². The molecule has 0 saturated carbocycles. The summed E-state index contributed by atoms with van der Waals surface area (Å²) >= 11 is 0. The Morgan fingerprint density at radius 1 is 0.697 bits per heavy atom. The van der Waals surface area contributed by atoms with Crippen molar-refractivity contribution in [3.63, 3.8) is 0 Å². The first kappa shape index (κ1) is 54.9. The average molecular weight is 1080 g/mol. The Kier molecular flexibility index (Phi) is 16.2. The Hall–Kier alpha value is -7.38. The SMILES string of the molecule is CCc1cccc(CC)c1-n1nc2c(c1-c1cc(F)c(NC(=O)NC(=O)OCc3ccc(OP(=O)(OCc4ccccc4)OCc4ccccc4)cc3)cc1F)CN(Cc1ccc(C(F)(F)F)cc1C(F)(F)F)C2(C)C. The quantitative estimate of drug-likeness (QED) is 0.0675. The number of carbonyl (C=O) groups is 2. The van der Waals surface area contributed by atoms with Crippen LogP contribution in [0.3, 0.4) is 0 Å². The molecule has 0 radical (unpaired) electrons. The number of alkyl halides is 6. The number of halogens is 8. The van der Waals surface area contributed by atoms with Crippen LogP contribution in [0.5, 0.6) is 5.75 Å². The lowest BCUT2D eigenvalue weighted by atomic mass is 9.97. The van der Waals surface area contributed by atoms with Crippen LogP contribution in [0, 0.1) is 11.6 Å². The molecule has 6 aromatic carbocycles. The number of imide groups is 1. The van der Waals surface area contributed by atoms with E-state index in [0.29, 0.717) is 47.5 Å². The lowest BCUT2D eigenvalue weighted by Crippen LogP contribution is -2.36. The molecule has 0 atom stereocenters. The Balaban J connectivity index is 0.977. The number of hydrogen-bond donors (Lipinski definition) is 2. The zero-order chi connectivity index (χ0) is 54.6. The molecular weight excluding hydrogens is 1030 g/mol. The number of alkyl carbamates (subject to hydrolysis) is 1. The summed E-state index contributed by atoms with van der Waals surface area (Å²) in [6.07, 6.45) is -10.4. The van der Waals surface area contributed by atoms with Crippen molar-refractivity contribution < 1.29 is 67.6 Å². The molecular formula is C55H50F8N5O7P. The third-order valence-electron chi connectivity index (χ3n) is 12.7. The number of nitrogens with zero attached hydrogens (tertiary/aromatic N) is 3. The molecule has 3 amide bonds. The molecule has 0 fully saturated rings. The van der Waals surface area contributed by atoms with Gasteiger partial charge in [-0.15, -0.1) is 0 Å². The topological polar surface area (TPSA) is 133 Å². The molecule has 2 heterocycles. The van der Waals surface area contributed by atoms with Crippen LogP contribution >= 0.6 is 7.82 Å². The van der Waals surface area contributed by atoms with Gasteiger partial charge < -0.3 is 14.6 Å². The highest BCUT2D eigenvalue weighted by molar-refractivity contribution is 7.48. The van der Waals surface area contributed by atoms with Gasteiger partial charge in [0.25, 0.3) is 0 Å². The third-order valence-corrected chi connectivity index (χ3v) is 14.1. The highest BCUT2D eigenvalue weighted by atomic mass is 31.2. The molecule has 76 heavy (non-hydrogen) atoms. The molecule has 0 aliphatic carbocycles. The predicted molar refractivity (Wildman–Crippen MR) is 266 cm³/mol. The van der Waals surface area contributed by atoms with E-state index in [1.165, 1.54) is 28.9 Å². The summed E-state index contributed by atoms with van der Waals surface area (Å²) in [4.78, 5) is 27.3. The summed E-state index contributed by atoms with van der Waals surface area (Å²) in [5.74, 6) is -2.09. The molecule has 7 aromatic rings. The number of hydrogen-bond acceptors (Lipinski definition) is 9. The van der Waals surface area contributed by atoms with Crippen molar-refractivity contribution in [1.29, 1.82) is 0 Å². The Labute approximate surface area is 432 Å². The first-order chi connectivity index (χ1) is 36.1. The van der Waals surface area contributed by atoms with Crippen LogP contribution in [0.15, 0.2) is 133 Å². The largest absolute Gasteiger partial charge is 0.530 e. The van der Waals surface area contributed by atoms with Crippen LogP contribution in [0.4, 0.5) is 50.4 Å². The minimum atomic E-state index is -5.14. The number of aryl methyl sites for hydroxylation is 2. The van der Waals surface area contributed by atoms with E-state index < -0.39 is 78.4 Å². The van der Waals surface area contributed by atoms with Crippen LogP contribution in [0.2, 0.25) is 0 Å². The second kappa shape index (κ2) is 22.5. The van der Waals surface area contributed by atoms with E-state index in [0.717, 1.165) is 34.4 Å². The van der Waals surface area contributed by atoms with Crippen molar-refractivity contribution in [1.82, 2.24) is 20.0 Å². The number of amides is 3. The number of benzene rings is 6. The van der Waals surface area contributed by atoms with Crippen LogP contribution in [0.1, 0.15) is 83.5 Å². The normalized spacial score (nSPS) is 13.6. The smallest absolute Gasteiger partial charge is 0.444 e. The van der Waals surface area contributed by atoms with E-state index in [1.54, 1.807) is 67.3 Å². The van der Waals surface area contributed by atoms with Gasteiger partial charge in [0.15, 0.2) is 0 Å². The summed E-state index contributed by atoms with van der Waals surface area (Å²) in [6.45, 7) is 5.95. The van der Waals surface area contributed by atoms with Gasteiger partial charge in [0, 0.05) is 30.3 Å². The maximum Gasteiger partial charge on any atom is 0.530 e. The highest BCUT2D eigenvalue weighted by Gasteiger charge is 2.45. The van der Waals surface area contributed by atoms with E-state index in [-0.39, 0.29) is 49.4 Å². The first-order valence-corrected chi connectivity index (χ1v) is 25.3. The number of fused-ring (bicyclic) bond motifs is 1. The van der Waals surface area contributed by atoms with Crippen molar-refractivity contribution in [3.8, 4) is 22.7 Å². The summed E-state index contributed by atoms with van der Waals surface area (Å²) in [6, 6.07) is 31.1. The molecule has 2 N–H and O–H groups in total. The van der Waals surface area contributed by atoms with Crippen LogP contribution < -0.4 is 15.2 Å². The molecule has 12 nitrogen and oxygen atoms in total. The number of carbonyl (C=O) groups excluding carboxylic acids is 2. The minimum Gasteiger partial charge on any atom is -0.444 e. The van der Waals surface area contributed by atoms with Gasteiger partial charge in [-0.2, -0.15) is 31.4 Å². The lowest BCUT2D eigenvalue weighted by Gasteiger charge is -2.33. The number of nitrogens with one attached hydrogen (secondary N) is 2. The second-order valence-corrected chi connectivity index (χ2v) is 19.8. The Morgan fingerprint density at radius 2 is 1.29 bits per heavy atom. The van der Waals surface area contributed by atoms with Crippen molar-refractivity contribution in [2.75, 3.05) is 5.32 Å². The van der Waals surface area contributed by atoms with Crippen molar-refractivity contribution in [2.24, 2.45) is 0 Å². The molecule has 1 aromatic heterocycles. The fourth-order valence-electron chi connectivity index (χ4n) is 8.75. The van der Waals surface area contributed by atoms with Crippen LogP contribution in [0.25, 0.3) is 16.9 Å². The van der Waals surface area contributed by atoms with E-state index >= 15 is 8.78 Å². The van der Waals surface area contributed by atoms with Gasteiger partial charge in [-0.1, -0.05) is 111 Å². The Bertz CT molecular complexity index is 3210. The number of anilines is 1. The van der Waals surface area contributed by atoms with Crippen molar-refractivity contribution in [2.45, 2.75) is 91.3 Å². The van der Waals surface area contributed by atoms with Gasteiger partial charge in [0.05, 0.1) is 52.6 Å². The number of phosphoric acid groups is 1. The van der Waals surface area contributed by atoms with E-state index in [4.69, 9.17) is 23.4 Å². The average Bonchev–Trinajstić information content (AvgIpc) is 3.94. The number of phosphoric ester groups is 1. The third kappa shape index (κ3) is 12.5. The molecule has 8 rings (SSSR count). The summed E-state index contributed by atoms with van der Waals surface area (Å²) in [5.41, 5.74) is -0.858. The first-order valence-electron chi connectivity index (χ1n) is 23.8. The standard InChI is InChI=1S/C55H50F8N5O7P/c1-5-37-18-13-19-38(6-2)48(37)68-49(43-30-67(53(3,4)50(43)66-68)29-39-22-23-40(54(58,59)60)26-44(39)55(61,62)63)42-27-46(57)47(28-45(42)56)64-51(69)65-52(70)72-31-36-20-24-41(25-21-36)75-76(71,73-32-34-14-9-7-10-15-34)74-33-35-16-11-8-12-17-35/h7-28H,5-6,29-33H2,1-4H3,(H2,64,65,69,70). The molecule has 21 heteroatoms. The van der Waals surface area contributed by atoms with Crippen LogP contribution in [-0.2, 0) is 82.0 Å². The maximum absolute atomic E-state index is 16.7. The molecule has 0 saturated heterocycles. The number of aromatic nitrogens is 2. The lowest BCUT2D eigenvalue weighted by molar-refractivity contribution is -0.143. The predicted octanol–water partition coefficient (Wildman–Crippen LogP) is 14.6. The van der Waals surface area contributed by atoms with E-state index in [2.05, 4.69) is 5.32 Å².